The van der Waals surface area contributed by atoms with Crippen LogP contribution >= 0.6 is 11.8 Å². The van der Waals surface area contributed by atoms with Crippen LogP contribution < -0.4 is 10.2 Å². The van der Waals surface area contributed by atoms with Gasteiger partial charge in [-0.05, 0) is 59.5 Å². The molecule has 1 fully saturated rings. The molecule has 0 unspecified atom stereocenters. The molecule has 6 nitrogen and oxygen atoms in total. The summed E-state index contributed by atoms with van der Waals surface area (Å²) in [4.78, 5) is 35.0. The maximum Gasteiger partial charge on any atom is 0.265 e. The minimum atomic E-state index is -0.0756. The molecule has 1 saturated heterocycles. The van der Waals surface area contributed by atoms with Gasteiger partial charge >= 0.3 is 0 Å². The number of amides is 2. The van der Waals surface area contributed by atoms with Gasteiger partial charge in [0.25, 0.3) is 11.8 Å². The largest absolute Gasteiger partial charge is 0.351 e. The maximum atomic E-state index is 13.7. The van der Waals surface area contributed by atoms with Crippen LogP contribution in [0.15, 0.2) is 113 Å². The second-order valence-electron chi connectivity index (χ2n) is 11.4. The monoisotopic (exact) mass is 602 g/mol. The molecule has 2 aliphatic heterocycles. The Hall–Kier alpha value is -4.17. The first kappa shape index (κ1) is 29.9. The van der Waals surface area contributed by atoms with Crippen LogP contribution in [-0.2, 0) is 17.9 Å². The molecule has 4 aromatic carbocycles. The van der Waals surface area contributed by atoms with Gasteiger partial charge in [-0.15, -0.1) is 0 Å². The first-order valence-corrected chi connectivity index (χ1v) is 16.1. The summed E-state index contributed by atoms with van der Waals surface area (Å²) in [5, 5.41) is 3.08. The van der Waals surface area contributed by atoms with Crippen LogP contribution in [0.25, 0.3) is 6.08 Å². The van der Waals surface area contributed by atoms with Crippen molar-refractivity contribution < 1.29 is 9.59 Å². The molecular formula is C37H38N4O2S. The Morgan fingerprint density at radius 3 is 2.25 bits per heavy atom. The Kier molecular flexibility index (Phi) is 9.56. The number of para-hydroxylation sites is 1. The molecule has 1 N–H and O–H groups in total. The van der Waals surface area contributed by atoms with Crippen molar-refractivity contribution in [3.05, 3.63) is 136 Å². The Morgan fingerprint density at radius 2 is 1.48 bits per heavy atom. The van der Waals surface area contributed by atoms with E-state index in [4.69, 9.17) is 0 Å². The van der Waals surface area contributed by atoms with Crippen LogP contribution in [0.1, 0.15) is 32.6 Å². The number of aryl methyl sites for hydroxylation is 1. The molecular weight excluding hydrogens is 565 g/mol. The molecule has 44 heavy (non-hydrogen) atoms. The highest BCUT2D eigenvalue weighted by Gasteiger charge is 2.29. The lowest BCUT2D eigenvalue weighted by molar-refractivity contribution is -0.114. The van der Waals surface area contributed by atoms with E-state index in [1.165, 1.54) is 17.3 Å². The summed E-state index contributed by atoms with van der Waals surface area (Å²) in [6, 6.07) is 34.3. The minimum Gasteiger partial charge on any atom is -0.351 e. The molecule has 0 saturated carbocycles. The molecule has 2 amide bonds. The minimum absolute atomic E-state index is 0.0142. The lowest BCUT2D eigenvalue weighted by Crippen LogP contribution is -2.48. The number of hydrogen-bond acceptors (Lipinski definition) is 5. The smallest absolute Gasteiger partial charge is 0.265 e. The standard InChI is InChI=1S/C37H38N4O2S/c1-28-9-5-6-12-32(28)27-41-33-13-7-8-14-34(33)44-35(37(41)43)25-29-15-17-31(18-16-29)36(42)38-19-20-39-21-23-40(24-22-39)26-30-10-3-2-4-11-30/h2-18,25H,19-24,26-27H2,1H3,(H,38,42)/b35-25+. The Balaban J connectivity index is 1.03. The van der Waals surface area contributed by atoms with Gasteiger partial charge in [0.1, 0.15) is 0 Å². The predicted octanol–water partition coefficient (Wildman–Crippen LogP) is 6.22. The molecule has 0 aliphatic carbocycles. The van der Waals surface area contributed by atoms with E-state index in [1.807, 2.05) is 65.6 Å². The lowest BCUT2D eigenvalue weighted by Gasteiger charge is -2.34. The van der Waals surface area contributed by atoms with E-state index in [2.05, 4.69) is 70.6 Å². The van der Waals surface area contributed by atoms with E-state index in [0.717, 1.165) is 66.5 Å². The van der Waals surface area contributed by atoms with Crippen molar-refractivity contribution in [2.45, 2.75) is 24.9 Å². The Bertz CT molecular complexity index is 1630. The van der Waals surface area contributed by atoms with E-state index >= 15 is 0 Å². The number of carbonyl (C=O) groups is 2. The lowest BCUT2D eigenvalue weighted by atomic mass is 10.1. The molecule has 2 heterocycles. The van der Waals surface area contributed by atoms with Crippen molar-refractivity contribution in [1.29, 1.82) is 0 Å². The SMILES string of the molecule is Cc1ccccc1CN1C(=O)/C(=C\c2ccc(C(=O)NCCN3CCN(Cc4ccccc4)CC3)cc2)Sc2ccccc21. The van der Waals surface area contributed by atoms with Crippen molar-refractivity contribution in [3.63, 3.8) is 0 Å². The number of nitrogens with one attached hydrogen (secondary N) is 1. The molecule has 0 radical (unpaired) electrons. The average molecular weight is 603 g/mol. The second-order valence-corrected chi connectivity index (χ2v) is 12.5. The van der Waals surface area contributed by atoms with Crippen molar-refractivity contribution >= 4 is 35.3 Å². The van der Waals surface area contributed by atoms with E-state index < -0.39 is 0 Å². The highest BCUT2D eigenvalue weighted by molar-refractivity contribution is 8.04. The van der Waals surface area contributed by atoms with Gasteiger partial charge < -0.3 is 10.2 Å². The van der Waals surface area contributed by atoms with Crippen LogP contribution in [0, 0.1) is 6.92 Å². The quantitative estimate of drug-likeness (QED) is 0.231. The van der Waals surface area contributed by atoms with Gasteiger partial charge in [0.2, 0.25) is 0 Å². The summed E-state index contributed by atoms with van der Waals surface area (Å²) >= 11 is 1.50. The normalized spacial score (nSPS) is 16.6. The zero-order valence-electron chi connectivity index (χ0n) is 25.1. The zero-order valence-corrected chi connectivity index (χ0v) is 25.9. The maximum absolute atomic E-state index is 13.7. The highest BCUT2D eigenvalue weighted by Crippen LogP contribution is 2.42. The second kappa shape index (κ2) is 14.1. The summed E-state index contributed by atoms with van der Waals surface area (Å²) in [6.45, 7) is 9.14. The number of rotatable bonds is 9. The van der Waals surface area contributed by atoms with Gasteiger partial charge in [-0.25, -0.2) is 0 Å². The fourth-order valence-electron chi connectivity index (χ4n) is 5.70. The molecule has 2 aliphatic rings. The molecule has 4 aromatic rings. The summed E-state index contributed by atoms with van der Waals surface area (Å²) < 4.78 is 0. The van der Waals surface area contributed by atoms with Gasteiger partial charge in [-0.2, -0.15) is 0 Å². The number of hydrogen-bond donors (Lipinski definition) is 1. The van der Waals surface area contributed by atoms with Crippen LogP contribution in [0.5, 0.6) is 0 Å². The summed E-state index contributed by atoms with van der Waals surface area (Å²) in [5.41, 5.74) is 6.09. The van der Waals surface area contributed by atoms with Gasteiger partial charge in [0.05, 0.1) is 17.1 Å². The third-order valence-electron chi connectivity index (χ3n) is 8.32. The number of nitrogens with zero attached hydrogens (tertiary/aromatic N) is 3. The average Bonchev–Trinajstić information content (AvgIpc) is 3.05. The van der Waals surface area contributed by atoms with Crippen LogP contribution in [0.2, 0.25) is 0 Å². The van der Waals surface area contributed by atoms with Crippen LogP contribution in [0.3, 0.4) is 0 Å². The van der Waals surface area contributed by atoms with Gasteiger partial charge in [-0.3, -0.25) is 19.4 Å². The van der Waals surface area contributed by atoms with Crippen molar-refractivity contribution in [2.75, 3.05) is 44.2 Å². The molecule has 6 rings (SSSR count). The fourth-order valence-corrected chi connectivity index (χ4v) is 6.76. The fraction of sp³-hybridized carbons (Fsp3) is 0.243. The zero-order chi connectivity index (χ0) is 30.3. The predicted molar refractivity (Wildman–Crippen MR) is 180 cm³/mol. The highest BCUT2D eigenvalue weighted by atomic mass is 32.2. The number of thioether (sulfide) groups is 1. The summed E-state index contributed by atoms with van der Waals surface area (Å²) in [6.07, 6.45) is 1.92. The number of anilines is 1. The van der Waals surface area contributed by atoms with Crippen LogP contribution in [0.4, 0.5) is 5.69 Å². The number of fused-ring (bicyclic) bond motifs is 1. The number of piperazine rings is 1. The molecule has 7 heteroatoms. The third kappa shape index (κ3) is 7.30. The number of benzene rings is 4. The molecule has 0 aromatic heterocycles. The van der Waals surface area contributed by atoms with E-state index in [0.29, 0.717) is 23.6 Å². The molecule has 0 bridgehead atoms. The first-order chi connectivity index (χ1) is 21.5. The van der Waals surface area contributed by atoms with E-state index in [1.54, 1.807) is 0 Å². The topological polar surface area (TPSA) is 55.9 Å². The van der Waals surface area contributed by atoms with Crippen molar-refractivity contribution in [3.8, 4) is 0 Å². The van der Waals surface area contributed by atoms with Gasteiger partial charge in [0, 0.05) is 56.3 Å². The summed E-state index contributed by atoms with van der Waals surface area (Å²) in [5.74, 6) is -0.0898. The van der Waals surface area contributed by atoms with Crippen molar-refractivity contribution in [2.24, 2.45) is 0 Å². The third-order valence-corrected chi connectivity index (χ3v) is 9.40. The van der Waals surface area contributed by atoms with E-state index in [-0.39, 0.29) is 11.8 Å². The van der Waals surface area contributed by atoms with Crippen molar-refractivity contribution in [1.82, 2.24) is 15.1 Å². The number of carbonyl (C=O) groups excluding carboxylic acids is 2. The Morgan fingerprint density at radius 1 is 0.795 bits per heavy atom. The summed E-state index contributed by atoms with van der Waals surface area (Å²) in [7, 11) is 0. The van der Waals surface area contributed by atoms with Gasteiger partial charge in [0.15, 0.2) is 0 Å². The molecule has 224 valence electrons. The van der Waals surface area contributed by atoms with Crippen LogP contribution in [-0.4, -0.2) is 60.9 Å². The Labute approximate surface area is 264 Å². The van der Waals surface area contributed by atoms with Gasteiger partial charge in [-0.1, -0.05) is 90.6 Å². The van der Waals surface area contributed by atoms with E-state index in [9.17, 15) is 9.59 Å². The molecule has 0 atom stereocenters. The molecule has 0 spiro atoms. The first-order valence-electron chi connectivity index (χ1n) is 15.3.